The van der Waals surface area contributed by atoms with Crippen LogP contribution in [-0.4, -0.2) is 34.4 Å². The molecule has 2 N–H and O–H groups in total. The quantitative estimate of drug-likeness (QED) is 0.452. The van der Waals surface area contributed by atoms with E-state index >= 15 is 0 Å². The van der Waals surface area contributed by atoms with Gasteiger partial charge in [0.2, 0.25) is 0 Å². The number of nitrogens with zero attached hydrogens (tertiary/aromatic N) is 1. The number of ether oxygens (including phenoxy) is 1. The van der Waals surface area contributed by atoms with Gasteiger partial charge in [0.25, 0.3) is 5.24 Å². The summed E-state index contributed by atoms with van der Waals surface area (Å²) in [5.41, 5.74) is 5.88. The van der Waals surface area contributed by atoms with Crippen LogP contribution in [0.1, 0.15) is 12.2 Å². The van der Waals surface area contributed by atoms with Gasteiger partial charge in [0.15, 0.2) is 0 Å². The number of nitrogens with two attached hydrogens (primary N) is 1. The first-order chi connectivity index (χ1) is 12.5. The van der Waals surface area contributed by atoms with Crippen LogP contribution in [-0.2, 0) is 4.74 Å². The zero-order chi connectivity index (χ0) is 18.5. The van der Waals surface area contributed by atoms with Crippen molar-refractivity contribution < 1.29 is 18.7 Å². The molecular formula is C18H16N2O4S2. The number of hydrogen-bond acceptors (Lipinski definition) is 6. The lowest BCUT2D eigenvalue weighted by atomic mass is 10.2. The van der Waals surface area contributed by atoms with E-state index < -0.39 is 6.09 Å². The molecule has 1 aliphatic heterocycles. The number of primary amides is 1. The van der Waals surface area contributed by atoms with Crippen molar-refractivity contribution >= 4 is 46.4 Å². The fraction of sp³-hybridized carbons (Fsp3) is 0.167. The van der Waals surface area contributed by atoms with E-state index in [4.69, 9.17) is 22.4 Å². The molecule has 2 amide bonds. The topological polar surface area (TPSA) is 85.8 Å². The maximum atomic E-state index is 12.1. The SMILES string of the molecule is NC(=O)OCCCN1C(=O)S/C(=C/c2ccc(-c3ccccc3)o2)C1=S. The fourth-order valence-corrected chi connectivity index (χ4v) is 3.67. The van der Waals surface area contributed by atoms with Gasteiger partial charge >= 0.3 is 6.09 Å². The van der Waals surface area contributed by atoms with E-state index in [0.29, 0.717) is 28.6 Å². The van der Waals surface area contributed by atoms with E-state index in [1.165, 1.54) is 4.90 Å². The number of carbonyl (C=O) groups is 2. The predicted octanol–water partition coefficient (Wildman–Crippen LogP) is 4.27. The lowest BCUT2D eigenvalue weighted by Gasteiger charge is -2.13. The average Bonchev–Trinajstić information content (AvgIpc) is 3.19. The first kappa shape index (κ1) is 18.2. The highest BCUT2D eigenvalue weighted by atomic mass is 32.2. The lowest BCUT2D eigenvalue weighted by molar-refractivity contribution is 0.153. The molecular weight excluding hydrogens is 372 g/mol. The molecule has 0 saturated carbocycles. The van der Waals surface area contributed by atoms with Crippen LogP contribution in [0, 0.1) is 0 Å². The minimum Gasteiger partial charge on any atom is -0.457 e. The van der Waals surface area contributed by atoms with Crippen LogP contribution in [0.15, 0.2) is 51.8 Å². The summed E-state index contributed by atoms with van der Waals surface area (Å²) in [5.74, 6) is 1.37. The van der Waals surface area contributed by atoms with Gasteiger partial charge in [0.1, 0.15) is 16.5 Å². The Morgan fingerprint density at radius 2 is 2.04 bits per heavy atom. The summed E-state index contributed by atoms with van der Waals surface area (Å²) in [6.45, 7) is 0.507. The second-order valence-electron chi connectivity index (χ2n) is 5.42. The summed E-state index contributed by atoms with van der Waals surface area (Å²) in [5, 5.41) is -0.157. The van der Waals surface area contributed by atoms with Crippen LogP contribution in [0.3, 0.4) is 0 Å². The summed E-state index contributed by atoms with van der Waals surface area (Å²) < 4.78 is 10.5. The van der Waals surface area contributed by atoms with Crippen LogP contribution < -0.4 is 5.73 Å². The van der Waals surface area contributed by atoms with Gasteiger partial charge in [0.05, 0.1) is 11.5 Å². The highest BCUT2D eigenvalue weighted by molar-refractivity contribution is 8.19. The van der Waals surface area contributed by atoms with E-state index in [0.717, 1.165) is 23.1 Å². The van der Waals surface area contributed by atoms with Crippen LogP contribution in [0.25, 0.3) is 17.4 Å². The van der Waals surface area contributed by atoms with Gasteiger partial charge in [0, 0.05) is 12.1 Å². The third-order valence-electron chi connectivity index (χ3n) is 3.60. The average molecular weight is 388 g/mol. The van der Waals surface area contributed by atoms with Crippen LogP contribution in [0.4, 0.5) is 9.59 Å². The zero-order valence-corrected chi connectivity index (χ0v) is 15.3. The van der Waals surface area contributed by atoms with Crippen molar-refractivity contribution in [3.05, 3.63) is 53.1 Å². The van der Waals surface area contributed by atoms with Crippen molar-refractivity contribution in [1.29, 1.82) is 0 Å². The Bertz CT molecular complexity index is 861. The minimum absolute atomic E-state index is 0.143. The Hall–Kier alpha value is -2.58. The summed E-state index contributed by atoms with van der Waals surface area (Å²) in [4.78, 5) is 25.3. The number of hydrogen-bond donors (Lipinski definition) is 1. The summed E-state index contributed by atoms with van der Waals surface area (Å²) in [7, 11) is 0. The smallest absolute Gasteiger partial charge is 0.404 e. The van der Waals surface area contributed by atoms with Gasteiger partial charge in [-0.1, -0.05) is 42.5 Å². The lowest BCUT2D eigenvalue weighted by Crippen LogP contribution is -2.29. The Labute approximate surface area is 160 Å². The van der Waals surface area contributed by atoms with Gasteiger partial charge in [-0.15, -0.1) is 0 Å². The second-order valence-corrected chi connectivity index (χ2v) is 6.80. The molecule has 1 aromatic carbocycles. The predicted molar refractivity (Wildman–Crippen MR) is 105 cm³/mol. The van der Waals surface area contributed by atoms with E-state index in [1.54, 1.807) is 6.08 Å². The van der Waals surface area contributed by atoms with Gasteiger partial charge < -0.3 is 14.9 Å². The number of amides is 2. The molecule has 1 saturated heterocycles. The molecule has 8 heteroatoms. The highest BCUT2D eigenvalue weighted by Gasteiger charge is 2.31. The van der Waals surface area contributed by atoms with Crippen molar-refractivity contribution in [3.63, 3.8) is 0 Å². The molecule has 0 radical (unpaired) electrons. The number of rotatable bonds is 6. The number of benzene rings is 1. The first-order valence-electron chi connectivity index (χ1n) is 7.87. The van der Waals surface area contributed by atoms with Crippen LogP contribution >= 0.6 is 24.0 Å². The van der Waals surface area contributed by atoms with Crippen LogP contribution in [0.2, 0.25) is 0 Å². The van der Waals surface area contributed by atoms with Crippen molar-refractivity contribution in [3.8, 4) is 11.3 Å². The van der Waals surface area contributed by atoms with Gasteiger partial charge in [-0.25, -0.2) is 4.79 Å². The molecule has 26 heavy (non-hydrogen) atoms. The monoisotopic (exact) mass is 388 g/mol. The van der Waals surface area contributed by atoms with Crippen molar-refractivity contribution in [2.75, 3.05) is 13.2 Å². The standard InChI is InChI=1S/C18H16N2O4S2/c19-17(21)23-10-4-9-20-16(25)15(26-18(20)22)11-13-7-8-14(24-13)12-5-2-1-3-6-12/h1-3,5-8,11H,4,9-10H2,(H2,19,21)/b15-11+. The minimum atomic E-state index is -0.831. The molecule has 0 bridgehead atoms. The maximum Gasteiger partial charge on any atom is 0.404 e. The molecule has 2 heterocycles. The molecule has 0 spiro atoms. The van der Waals surface area contributed by atoms with Crippen LogP contribution in [0.5, 0.6) is 0 Å². The molecule has 1 aromatic heterocycles. The molecule has 1 fully saturated rings. The Morgan fingerprint density at radius 1 is 1.27 bits per heavy atom. The molecule has 0 atom stereocenters. The van der Waals surface area contributed by atoms with Crippen molar-refractivity contribution in [2.24, 2.45) is 5.73 Å². The fourth-order valence-electron chi connectivity index (χ4n) is 2.41. The molecule has 0 aliphatic carbocycles. The number of carbonyl (C=O) groups excluding carboxylic acids is 2. The van der Waals surface area contributed by atoms with E-state index in [1.807, 2.05) is 42.5 Å². The summed E-state index contributed by atoms with van der Waals surface area (Å²) in [6, 6.07) is 13.5. The third kappa shape index (κ3) is 4.33. The van der Waals surface area contributed by atoms with Gasteiger partial charge in [-0.05, 0) is 36.4 Å². The highest BCUT2D eigenvalue weighted by Crippen LogP contribution is 2.34. The van der Waals surface area contributed by atoms with Gasteiger partial charge in [-0.3, -0.25) is 9.69 Å². The normalized spacial score (nSPS) is 15.7. The molecule has 2 aromatic rings. The molecule has 6 nitrogen and oxygen atoms in total. The van der Waals surface area contributed by atoms with E-state index in [-0.39, 0.29) is 11.8 Å². The summed E-state index contributed by atoms with van der Waals surface area (Å²) in [6.07, 6.45) is 1.39. The first-order valence-corrected chi connectivity index (χ1v) is 9.10. The number of furan rings is 1. The largest absolute Gasteiger partial charge is 0.457 e. The third-order valence-corrected chi connectivity index (χ3v) is 5.10. The molecule has 1 aliphatic rings. The van der Waals surface area contributed by atoms with Crippen molar-refractivity contribution in [1.82, 2.24) is 4.90 Å². The summed E-state index contributed by atoms with van der Waals surface area (Å²) >= 11 is 6.44. The Morgan fingerprint density at radius 3 is 2.77 bits per heavy atom. The van der Waals surface area contributed by atoms with E-state index in [9.17, 15) is 9.59 Å². The van der Waals surface area contributed by atoms with Gasteiger partial charge in [-0.2, -0.15) is 0 Å². The Balaban J connectivity index is 1.66. The molecule has 0 unspecified atom stereocenters. The number of thioether (sulfide) groups is 1. The molecule has 3 rings (SSSR count). The molecule has 134 valence electrons. The Kier molecular flexibility index (Phi) is 5.75. The number of thiocarbonyl (C=S) groups is 1. The zero-order valence-electron chi connectivity index (χ0n) is 13.7. The second kappa shape index (κ2) is 8.20. The maximum absolute atomic E-state index is 12.1. The van der Waals surface area contributed by atoms with E-state index in [2.05, 4.69) is 4.74 Å². The van der Waals surface area contributed by atoms with Crippen molar-refractivity contribution in [2.45, 2.75) is 6.42 Å².